The molecule has 0 N–H and O–H groups in total. The molecule has 0 aromatic heterocycles. The number of hydrogen-bond acceptors (Lipinski definition) is 2. The zero-order valence-electron chi connectivity index (χ0n) is 10.5. The van der Waals surface area contributed by atoms with E-state index < -0.39 is 0 Å². The third kappa shape index (κ3) is 4.21. The number of alkyl halides is 1. The van der Waals surface area contributed by atoms with Crippen LogP contribution in [0.5, 0.6) is 5.75 Å². The SMILES string of the molecule is O=C(CCCBr)Oc1ccc(-c2ccccc2)cc1. The maximum absolute atomic E-state index is 11.5. The Morgan fingerprint density at radius 3 is 2.21 bits per heavy atom. The van der Waals surface area contributed by atoms with Crippen LogP contribution in [0.25, 0.3) is 11.1 Å². The Kier molecular flexibility index (Phi) is 5.16. The van der Waals surface area contributed by atoms with E-state index in [9.17, 15) is 4.79 Å². The van der Waals surface area contributed by atoms with Crippen molar-refractivity contribution in [3.63, 3.8) is 0 Å². The summed E-state index contributed by atoms with van der Waals surface area (Å²) in [5, 5.41) is 0.815. The van der Waals surface area contributed by atoms with Crippen molar-refractivity contribution in [2.45, 2.75) is 12.8 Å². The topological polar surface area (TPSA) is 26.3 Å². The van der Waals surface area contributed by atoms with Gasteiger partial charge in [0, 0.05) is 11.8 Å². The summed E-state index contributed by atoms with van der Waals surface area (Å²) >= 11 is 3.29. The second-order valence-corrected chi connectivity index (χ2v) is 4.95. The van der Waals surface area contributed by atoms with Crippen LogP contribution in [0.1, 0.15) is 12.8 Å². The summed E-state index contributed by atoms with van der Waals surface area (Å²) in [4.78, 5) is 11.5. The average molecular weight is 319 g/mol. The Bertz CT molecular complexity index is 520. The molecule has 0 aliphatic rings. The average Bonchev–Trinajstić information content (AvgIpc) is 2.47. The highest BCUT2D eigenvalue weighted by atomic mass is 79.9. The smallest absolute Gasteiger partial charge is 0.311 e. The molecule has 0 aliphatic carbocycles. The predicted molar refractivity (Wildman–Crippen MR) is 80.5 cm³/mol. The first-order valence-corrected chi connectivity index (χ1v) is 7.34. The van der Waals surface area contributed by atoms with Crippen molar-refractivity contribution < 1.29 is 9.53 Å². The predicted octanol–water partition coefficient (Wildman–Crippen LogP) is 4.43. The molecule has 3 heteroatoms. The van der Waals surface area contributed by atoms with Gasteiger partial charge in [0.05, 0.1) is 0 Å². The number of benzene rings is 2. The van der Waals surface area contributed by atoms with E-state index in [-0.39, 0.29) is 5.97 Å². The van der Waals surface area contributed by atoms with Crippen LogP contribution in [-0.4, -0.2) is 11.3 Å². The fourth-order valence-electron chi connectivity index (χ4n) is 1.74. The first-order chi connectivity index (χ1) is 9.29. The van der Waals surface area contributed by atoms with Crippen molar-refractivity contribution in [1.29, 1.82) is 0 Å². The lowest BCUT2D eigenvalue weighted by Gasteiger charge is -2.05. The molecule has 2 nitrogen and oxygen atoms in total. The molecule has 0 atom stereocenters. The Morgan fingerprint density at radius 2 is 1.58 bits per heavy atom. The lowest BCUT2D eigenvalue weighted by molar-refractivity contribution is -0.134. The van der Waals surface area contributed by atoms with Gasteiger partial charge in [-0.2, -0.15) is 0 Å². The molecule has 0 heterocycles. The van der Waals surface area contributed by atoms with Crippen molar-refractivity contribution >= 4 is 21.9 Å². The molecule has 0 spiro atoms. The van der Waals surface area contributed by atoms with E-state index in [0.29, 0.717) is 12.2 Å². The molecule has 19 heavy (non-hydrogen) atoms. The summed E-state index contributed by atoms with van der Waals surface area (Å²) in [7, 11) is 0. The highest BCUT2D eigenvalue weighted by Crippen LogP contribution is 2.22. The number of rotatable bonds is 5. The van der Waals surface area contributed by atoms with Crippen LogP contribution in [0.2, 0.25) is 0 Å². The van der Waals surface area contributed by atoms with E-state index in [1.807, 2.05) is 42.5 Å². The van der Waals surface area contributed by atoms with Gasteiger partial charge >= 0.3 is 5.97 Å². The van der Waals surface area contributed by atoms with Gasteiger partial charge < -0.3 is 4.74 Å². The van der Waals surface area contributed by atoms with Gasteiger partial charge in [0.15, 0.2) is 0 Å². The maximum atomic E-state index is 11.5. The molecule has 0 saturated heterocycles. The van der Waals surface area contributed by atoms with Crippen LogP contribution in [0.4, 0.5) is 0 Å². The third-order valence-corrected chi connectivity index (χ3v) is 3.27. The lowest BCUT2D eigenvalue weighted by Crippen LogP contribution is -2.07. The first-order valence-electron chi connectivity index (χ1n) is 6.22. The molecule has 0 saturated carbocycles. The molecule has 2 aromatic carbocycles. The minimum absolute atomic E-state index is 0.188. The fraction of sp³-hybridized carbons (Fsp3) is 0.188. The standard InChI is InChI=1S/C16H15BrO2/c17-12-4-7-16(18)19-15-10-8-14(9-11-15)13-5-2-1-3-6-13/h1-3,5-6,8-11H,4,7,12H2. The van der Waals surface area contributed by atoms with Gasteiger partial charge in [0.25, 0.3) is 0 Å². The number of halogens is 1. The number of carbonyl (C=O) groups is 1. The second-order valence-electron chi connectivity index (χ2n) is 4.16. The van der Waals surface area contributed by atoms with E-state index >= 15 is 0 Å². The Morgan fingerprint density at radius 1 is 0.947 bits per heavy atom. The van der Waals surface area contributed by atoms with Crippen molar-refractivity contribution in [2.24, 2.45) is 0 Å². The highest BCUT2D eigenvalue weighted by Gasteiger charge is 2.04. The van der Waals surface area contributed by atoms with Gasteiger partial charge in [-0.15, -0.1) is 0 Å². The molecule has 2 aromatic rings. The Labute approximate surface area is 121 Å². The van der Waals surface area contributed by atoms with Gasteiger partial charge in [-0.25, -0.2) is 0 Å². The quantitative estimate of drug-likeness (QED) is 0.463. The van der Waals surface area contributed by atoms with Gasteiger partial charge in [-0.1, -0.05) is 58.4 Å². The summed E-state index contributed by atoms with van der Waals surface area (Å²) < 4.78 is 5.25. The number of esters is 1. The van der Waals surface area contributed by atoms with Crippen molar-refractivity contribution in [2.75, 3.05) is 5.33 Å². The van der Waals surface area contributed by atoms with Crippen LogP contribution >= 0.6 is 15.9 Å². The largest absolute Gasteiger partial charge is 0.427 e. The molecule has 0 aliphatic heterocycles. The van der Waals surface area contributed by atoms with E-state index in [1.165, 1.54) is 0 Å². The summed E-state index contributed by atoms with van der Waals surface area (Å²) in [6.07, 6.45) is 1.23. The van der Waals surface area contributed by atoms with E-state index in [1.54, 1.807) is 0 Å². The van der Waals surface area contributed by atoms with Crippen LogP contribution in [0, 0.1) is 0 Å². The molecule has 0 unspecified atom stereocenters. The molecule has 2 rings (SSSR count). The van der Waals surface area contributed by atoms with Crippen LogP contribution in [0.3, 0.4) is 0 Å². The zero-order valence-corrected chi connectivity index (χ0v) is 12.1. The van der Waals surface area contributed by atoms with Gasteiger partial charge in [-0.05, 0) is 29.7 Å². The molecule has 0 amide bonds. The summed E-state index contributed by atoms with van der Waals surface area (Å²) in [6.45, 7) is 0. The Balaban J connectivity index is 2.01. The molecule has 0 bridgehead atoms. The number of ether oxygens (including phenoxy) is 1. The summed E-state index contributed by atoms with van der Waals surface area (Å²) in [5.74, 6) is 0.408. The monoisotopic (exact) mass is 318 g/mol. The van der Waals surface area contributed by atoms with Crippen molar-refractivity contribution in [3.05, 3.63) is 54.6 Å². The number of hydrogen-bond donors (Lipinski definition) is 0. The van der Waals surface area contributed by atoms with Crippen LogP contribution in [0.15, 0.2) is 54.6 Å². The van der Waals surface area contributed by atoms with E-state index in [2.05, 4.69) is 28.1 Å². The highest BCUT2D eigenvalue weighted by molar-refractivity contribution is 9.09. The van der Waals surface area contributed by atoms with Gasteiger partial charge in [0.1, 0.15) is 5.75 Å². The van der Waals surface area contributed by atoms with Crippen LogP contribution in [-0.2, 0) is 4.79 Å². The third-order valence-electron chi connectivity index (χ3n) is 2.71. The minimum Gasteiger partial charge on any atom is -0.427 e. The minimum atomic E-state index is -0.188. The fourth-order valence-corrected chi connectivity index (χ4v) is 2.02. The van der Waals surface area contributed by atoms with Crippen LogP contribution < -0.4 is 4.74 Å². The molecule has 98 valence electrons. The van der Waals surface area contributed by atoms with Gasteiger partial charge in [-0.3, -0.25) is 4.79 Å². The van der Waals surface area contributed by atoms with E-state index in [4.69, 9.17) is 4.74 Å². The van der Waals surface area contributed by atoms with Crippen molar-refractivity contribution in [3.8, 4) is 16.9 Å². The molecular formula is C16H15BrO2. The molecule has 0 fully saturated rings. The summed E-state index contributed by atoms with van der Waals surface area (Å²) in [5.41, 5.74) is 2.26. The van der Waals surface area contributed by atoms with E-state index in [0.717, 1.165) is 22.9 Å². The summed E-state index contributed by atoms with van der Waals surface area (Å²) in [6, 6.07) is 17.7. The molecular weight excluding hydrogens is 304 g/mol. The normalized spacial score (nSPS) is 10.2. The second kappa shape index (κ2) is 7.10. The van der Waals surface area contributed by atoms with Crippen molar-refractivity contribution in [1.82, 2.24) is 0 Å². The zero-order chi connectivity index (χ0) is 13.5. The lowest BCUT2D eigenvalue weighted by atomic mass is 10.1. The Hall–Kier alpha value is -1.61. The van der Waals surface area contributed by atoms with Gasteiger partial charge in [0.2, 0.25) is 0 Å². The first kappa shape index (κ1) is 13.8. The molecule has 0 radical (unpaired) electrons. The number of carbonyl (C=O) groups excluding carboxylic acids is 1. The maximum Gasteiger partial charge on any atom is 0.311 e.